The van der Waals surface area contributed by atoms with Crippen LogP contribution < -0.4 is 0 Å². The van der Waals surface area contributed by atoms with Crippen molar-refractivity contribution in [2.75, 3.05) is 0 Å². The molecule has 0 aromatic heterocycles. The minimum absolute atomic E-state index is 0.320. The van der Waals surface area contributed by atoms with Gasteiger partial charge in [-0.1, -0.05) is 36.4 Å². The van der Waals surface area contributed by atoms with Crippen LogP contribution in [0.15, 0.2) is 42.7 Å². The second kappa shape index (κ2) is 4.67. The molecule has 2 heteroatoms. The van der Waals surface area contributed by atoms with Crippen molar-refractivity contribution < 1.29 is 9.50 Å². The van der Waals surface area contributed by atoms with E-state index in [1.807, 2.05) is 30.3 Å². The quantitative estimate of drug-likeness (QED) is 0.731. The number of aliphatic hydroxyl groups excluding tert-OH is 1. The Kier molecular flexibility index (Phi) is 3.48. The molecule has 64 valence electrons. The van der Waals surface area contributed by atoms with E-state index in [9.17, 15) is 9.50 Å². The molecule has 1 nitrogen and oxygen atoms in total. The second-order valence-corrected chi connectivity index (χ2v) is 2.52. The zero-order valence-electron chi connectivity index (χ0n) is 6.65. The molecule has 0 amide bonds. The number of rotatable bonds is 3. The Balaban J connectivity index is 2.59. The van der Waals surface area contributed by atoms with Crippen molar-refractivity contribution >= 4 is 0 Å². The van der Waals surface area contributed by atoms with Gasteiger partial charge in [-0.3, -0.25) is 0 Å². The molecule has 1 aromatic rings. The highest BCUT2D eigenvalue weighted by molar-refractivity contribution is 5.17. The summed E-state index contributed by atoms with van der Waals surface area (Å²) >= 11 is 0. The third-order valence-electron chi connectivity index (χ3n) is 1.63. The molecule has 1 unspecified atom stereocenters. The lowest BCUT2D eigenvalue weighted by Crippen LogP contribution is -1.94. The summed E-state index contributed by atoms with van der Waals surface area (Å²) in [6.45, 7) is 0. The van der Waals surface area contributed by atoms with Crippen LogP contribution in [0.5, 0.6) is 0 Å². The molecule has 0 bridgehead atoms. The highest BCUT2D eigenvalue weighted by atomic mass is 19.1. The molecule has 0 saturated carbocycles. The SMILES string of the molecule is OC(C/C=C\F)c1ccccc1. The van der Waals surface area contributed by atoms with Crippen LogP contribution in [-0.2, 0) is 0 Å². The summed E-state index contributed by atoms with van der Waals surface area (Å²) < 4.78 is 11.6. The maximum absolute atomic E-state index is 11.6. The van der Waals surface area contributed by atoms with E-state index in [-0.39, 0.29) is 0 Å². The fourth-order valence-corrected chi connectivity index (χ4v) is 0.992. The lowest BCUT2D eigenvalue weighted by Gasteiger charge is -2.06. The summed E-state index contributed by atoms with van der Waals surface area (Å²) in [4.78, 5) is 0. The minimum atomic E-state index is -0.599. The van der Waals surface area contributed by atoms with E-state index in [0.717, 1.165) is 5.56 Å². The molecule has 0 fully saturated rings. The Hall–Kier alpha value is -1.15. The van der Waals surface area contributed by atoms with E-state index in [4.69, 9.17) is 0 Å². The Labute approximate surface area is 71.2 Å². The number of halogens is 1. The maximum Gasteiger partial charge on any atom is 0.0828 e. The third kappa shape index (κ3) is 2.47. The Morgan fingerprint density at radius 1 is 1.33 bits per heavy atom. The van der Waals surface area contributed by atoms with Crippen molar-refractivity contribution in [2.45, 2.75) is 12.5 Å². The molecule has 1 N–H and O–H groups in total. The maximum atomic E-state index is 11.6. The first-order valence-corrected chi connectivity index (χ1v) is 3.83. The van der Waals surface area contributed by atoms with Crippen molar-refractivity contribution in [3.05, 3.63) is 48.3 Å². The molecular weight excluding hydrogens is 155 g/mol. The molecule has 1 rings (SSSR count). The van der Waals surface area contributed by atoms with Crippen molar-refractivity contribution in [1.82, 2.24) is 0 Å². The first-order valence-electron chi connectivity index (χ1n) is 3.83. The van der Waals surface area contributed by atoms with Crippen molar-refractivity contribution in [2.24, 2.45) is 0 Å². The molecule has 0 aliphatic heterocycles. The van der Waals surface area contributed by atoms with Crippen LogP contribution >= 0.6 is 0 Å². The van der Waals surface area contributed by atoms with Gasteiger partial charge in [0.2, 0.25) is 0 Å². The zero-order valence-corrected chi connectivity index (χ0v) is 6.65. The van der Waals surface area contributed by atoms with Crippen LogP contribution in [0.2, 0.25) is 0 Å². The number of hydrogen-bond acceptors (Lipinski definition) is 1. The molecular formula is C10H11FO. The summed E-state index contributed by atoms with van der Waals surface area (Å²) in [5, 5.41) is 9.43. The van der Waals surface area contributed by atoms with Gasteiger partial charge in [0.05, 0.1) is 12.4 Å². The molecule has 1 aromatic carbocycles. The van der Waals surface area contributed by atoms with Gasteiger partial charge in [-0.2, -0.15) is 0 Å². The van der Waals surface area contributed by atoms with E-state index >= 15 is 0 Å². The smallest absolute Gasteiger partial charge is 0.0828 e. The van der Waals surface area contributed by atoms with Gasteiger partial charge in [-0.15, -0.1) is 0 Å². The van der Waals surface area contributed by atoms with E-state index in [1.165, 1.54) is 6.08 Å². The van der Waals surface area contributed by atoms with Crippen molar-refractivity contribution in [3.63, 3.8) is 0 Å². The van der Waals surface area contributed by atoms with Crippen LogP contribution in [-0.4, -0.2) is 5.11 Å². The Morgan fingerprint density at radius 2 is 2.00 bits per heavy atom. The first-order chi connectivity index (χ1) is 5.84. The predicted molar refractivity (Wildman–Crippen MR) is 46.3 cm³/mol. The summed E-state index contributed by atoms with van der Waals surface area (Å²) in [7, 11) is 0. The van der Waals surface area contributed by atoms with Gasteiger partial charge in [-0.25, -0.2) is 4.39 Å². The Morgan fingerprint density at radius 3 is 2.58 bits per heavy atom. The summed E-state index contributed by atoms with van der Waals surface area (Å²) in [6.07, 6.45) is 1.47. The molecule has 0 saturated heterocycles. The number of aliphatic hydroxyl groups is 1. The number of benzene rings is 1. The summed E-state index contributed by atoms with van der Waals surface area (Å²) in [6, 6.07) is 9.20. The van der Waals surface area contributed by atoms with E-state index in [1.54, 1.807) is 0 Å². The zero-order chi connectivity index (χ0) is 8.81. The molecule has 0 radical (unpaired) electrons. The van der Waals surface area contributed by atoms with Gasteiger partial charge >= 0.3 is 0 Å². The highest BCUT2D eigenvalue weighted by Crippen LogP contribution is 2.15. The van der Waals surface area contributed by atoms with Crippen LogP contribution in [0.4, 0.5) is 4.39 Å². The van der Waals surface area contributed by atoms with Gasteiger partial charge in [0.15, 0.2) is 0 Å². The highest BCUT2D eigenvalue weighted by Gasteiger charge is 2.02. The molecule has 0 spiro atoms. The average Bonchev–Trinajstić information content (AvgIpc) is 2.15. The van der Waals surface area contributed by atoms with Crippen LogP contribution in [0, 0.1) is 0 Å². The van der Waals surface area contributed by atoms with Crippen LogP contribution in [0.3, 0.4) is 0 Å². The molecule has 0 aliphatic carbocycles. The van der Waals surface area contributed by atoms with Crippen LogP contribution in [0.1, 0.15) is 18.1 Å². The standard InChI is InChI=1S/C10H11FO/c11-8-4-7-10(12)9-5-2-1-3-6-9/h1-6,8,10,12H,7H2/b8-4-. The lowest BCUT2D eigenvalue weighted by atomic mass is 10.1. The van der Waals surface area contributed by atoms with E-state index in [2.05, 4.69) is 0 Å². The van der Waals surface area contributed by atoms with Gasteiger partial charge in [-0.05, 0) is 12.0 Å². The largest absolute Gasteiger partial charge is 0.388 e. The fourth-order valence-electron chi connectivity index (χ4n) is 0.992. The lowest BCUT2D eigenvalue weighted by molar-refractivity contribution is 0.181. The second-order valence-electron chi connectivity index (χ2n) is 2.52. The first kappa shape index (κ1) is 8.94. The third-order valence-corrected chi connectivity index (χ3v) is 1.63. The van der Waals surface area contributed by atoms with Crippen LogP contribution in [0.25, 0.3) is 0 Å². The van der Waals surface area contributed by atoms with Crippen molar-refractivity contribution in [3.8, 4) is 0 Å². The Bertz CT molecular complexity index is 243. The predicted octanol–water partition coefficient (Wildman–Crippen LogP) is 2.59. The summed E-state index contributed by atoms with van der Waals surface area (Å²) in [5.41, 5.74) is 0.815. The normalized spacial score (nSPS) is 13.5. The van der Waals surface area contributed by atoms with Gasteiger partial charge in [0, 0.05) is 0 Å². The monoisotopic (exact) mass is 166 g/mol. The number of hydrogen-bond donors (Lipinski definition) is 1. The molecule has 1 atom stereocenters. The molecule has 12 heavy (non-hydrogen) atoms. The van der Waals surface area contributed by atoms with E-state index in [0.29, 0.717) is 12.8 Å². The average molecular weight is 166 g/mol. The van der Waals surface area contributed by atoms with E-state index < -0.39 is 6.10 Å². The molecule has 0 heterocycles. The van der Waals surface area contributed by atoms with Gasteiger partial charge in [0.25, 0.3) is 0 Å². The fraction of sp³-hybridized carbons (Fsp3) is 0.200. The molecule has 0 aliphatic rings. The summed E-state index contributed by atoms with van der Waals surface area (Å²) in [5.74, 6) is 0. The topological polar surface area (TPSA) is 20.2 Å². The van der Waals surface area contributed by atoms with Gasteiger partial charge < -0.3 is 5.11 Å². The minimum Gasteiger partial charge on any atom is -0.388 e. The van der Waals surface area contributed by atoms with Crippen molar-refractivity contribution in [1.29, 1.82) is 0 Å². The van der Waals surface area contributed by atoms with Gasteiger partial charge in [0.1, 0.15) is 0 Å².